The van der Waals surface area contributed by atoms with E-state index >= 15 is 0 Å². The Kier molecular flexibility index (Phi) is 3.61. The molecule has 1 atom stereocenters. The van der Waals surface area contributed by atoms with E-state index in [1.807, 2.05) is 6.07 Å². The standard InChI is InChI=1S/C13H18N4O2/c14-7-10-3-1-5-17(8-10)9-12-15-13(19-16-12)11-4-2-6-18-11/h2,4,6,10H,1,3,5,7-9,14H2. The number of hydrogen-bond donors (Lipinski definition) is 1. The quantitative estimate of drug-likeness (QED) is 0.899. The third-order valence-corrected chi connectivity index (χ3v) is 3.50. The Bertz CT molecular complexity index is 508. The fourth-order valence-electron chi connectivity index (χ4n) is 2.51. The van der Waals surface area contributed by atoms with E-state index in [0.29, 0.717) is 29.9 Å². The molecule has 1 unspecified atom stereocenters. The number of likely N-dealkylation sites (tertiary alicyclic amines) is 1. The van der Waals surface area contributed by atoms with E-state index in [2.05, 4.69) is 15.0 Å². The zero-order valence-electron chi connectivity index (χ0n) is 10.8. The molecular weight excluding hydrogens is 244 g/mol. The second-order valence-electron chi connectivity index (χ2n) is 4.97. The average Bonchev–Trinajstić information content (AvgIpc) is 3.09. The summed E-state index contributed by atoms with van der Waals surface area (Å²) in [7, 11) is 0. The Labute approximate surface area is 111 Å². The van der Waals surface area contributed by atoms with E-state index in [-0.39, 0.29) is 0 Å². The van der Waals surface area contributed by atoms with E-state index < -0.39 is 0 Å². The second-order valence-corrected chi connectivity index (χ2v) is 4.97. The third kappa shape index (κ3) is 2.85. The van der Waals surface area contributed by atoms with Crippen molar-refractivity contribution in [3.63, 3.8) is 0 Å². The van der Waals surface area contributed by atoms with Gasteiger partial charge in [-0.1, -0.05) is 5.16 Å². The van der Waals surface area contributed by atoms with Gasteiger partial charge in [0.1, 0.15) is 0 Å². The Morgan fingerprint density at radius 2 is 2.42 bits per heavy atom. The summed E-state index contributed by atoms with van der Waals surface area (Å²) in [5, 5.41) is 4.00. The highest BCUT2D eigenvalue weighted by atomic mass is 16.5. The van der Waals surface area contributed by atoms with E-state index in [9.17, 15) is 0 Å². The van der Waals surface area contributed by atoms with Crippen LogP contribution in [-0.4, -0.2) is 34.7 Å². The Morgan fingerprint density at radius 1 is 1.47 bits per heavy atom. The molecule has 3 heterocycles. The van der Waals surface area contributed by atoms with Gasteiger partial charge in [0.2, 0.25) is 0 Å². The molecule has 1 aliphatic heterocycles. The van der Waals surface area contributed by atoms with Crippen molar-refractivity contribution in [1.29, 1.82) is 0 Å². The van der Waals surface area contributed by atoms with Crippen LogP contribution in [0.3, 0.4) is 0 Å². The molecule has 0 radical (unpaired) electrons. The van der Waals surface area contributed by atoms with Crippen LogP contribution in [0.1, 0.15) is 18.7 Å². The van der Waals surface area contributed by atoms with Crippen molar-refractivity contribution < 1.29 is 8.94 Å². The van der Waals surface area contributed by atoms with E-state index in [1.165, 1.54) is 12.8 Å². The first-order valence-electron chi connectivity index (χ1n) is 6.64. The smallest absolute Gasteiger partial charge is 0.293 e. The molecule has 1 fully saturated rings. The van der Waals surface area contributed by atoms with Crippen LogP contribution in [0.2, 0.25) is 0 Å². The van der Waals surface area contributed by atoms with Crippen molar-refractivity contribution in [1.82, 2.24) is 15.0 Å². The molecule has 6 nitrogen and oxygen atoms in total. The maximum atomic E-state index is 5.74. The number of piperidine rings is 1. The predicted molar refractivity (Wildman–Crippen MR) is 69.1 cm³/mol. The van der Waals surface area contributed by atoms with Crippen molar-refractivity contribution in [2.75, 3.05) is 19.6 Å². The molecule has 0 aliphatic carbocycles. The maximum absolute atomic E-state index is 5.74. The highest BCUT2D eigenvalue weighted by molar-refractivity contribution is 5.42. The first-order chi connectivity index (χ1) is 9.35. The lowest BCUT2D eigenvalue weighted by Gasteiger charge is -2.30. The summed E-state index contributed by atoms with van der Waals surface area (Å²) in [5.41, 5.74) is 5.74. The summed E-state index contributed by atoms with van der Waals surface area (Å²) in [5.74, 6) is 2.33. The molecule has 0 bridgehead atoms. The predicted octanol–water partition coefficient (Wildman–Crippen LogP) is 1.50. The van der Waals surface area contributed by atoms with Crippen LogP contribution in [-0.2, 0) is 6.54 Å². The van der Waals surface area contributed by atoms with Crippen LogP contribution in [0.15, 0.2) is 27.3 Å². The van der Waals surface area contributed by atoms with Gasteiger partial charge in [0.25, 0.3) is 5.89 Å². The first kappa shape index (κ1) is 12.4. The monoisotopic (exact) mass is 262 g/mol. The van der Waals surface area contributed by atoms with Gasteiger partial charge in [0, 0.05) is 6.54 Å². The number of nitrogens with two attached hydrogens (primary N) is 1. The summed E-state index contributed by atoms with van der Waals surface area (Å²) in [6.07, 6.45) is 4.00. The van der Waals surface area contributed by atoms with Crippen LogP contribution in [0.4, 0.5) is 0 Å². The lowest BCUT2D eigenvalue weighted by atomic mass is 9.98. The first-order valence-corrected chi connectivity index (χ1v) is 6.64. The third-order valence-electron chi connectivity index (χ3n) is 3.50. The Hall–Kier alpha value is -1.66. The van der Waals surface area contributed by atoms with E-state index in [4.69, 9.17) is 14.7 Å². The lowest BCUT2D eigenvalue weighted by Crippen LogP contribution is -2.38. The second kappa shape index (κ2) is 5.54. The normalized spacial score (nSPS) is 20.8. The SMILES string of the molecule is NCC1CCCN(Cc2noc(-c3ccco3)n2)C1. The Morgan fingerprint density at radius 3 is 3.21 bits per heavy atom. The number of nitrogens with zero attached hydrogens (tertiary/aromatic N) is 3. The van der Waals surface area contributed by atoms with Crippen LogP contribution < -0.4 is 5.73 Å². The van der Waals surface area contributed by atoms with Gasteiger partial charge in [-0.25, -0.2) is 0 Å². The molecule has 0 spiro atoms. The minimum atomic E-state index is 0.437. The minimum Gasteiger partial charge on any atom is -0.459 e. The molecule has 3 rings (SSSR count). The average molecular weight is 262 g/mol. The largest absolute Gasteiger partial charge is 0.459 e. The highest BCUT2D eigenvalue weighted by Gasteiger charge is 2.21. The molecule has 102 valence electrons. The van der Waals surface area contributed by atoms with Crippen LogP contribution in [0, 0.1) is 5.92 Å². The molecule has 0 aromatic carbocycles. The van der Waals surface area contributed by atoms with Gasteiger partial charge in [-0.05, 0) is 44.0 Å². The van der Waals surface area contributed by atoms with Crippen molar-refractivity contribution >= 4 is 0 Å². The number of aromatic nitrogens is 2. The number of furan rings is 1. The summed E-state index contributed by atoms with van der Waals surface area (Å²) < 4.78 is 10.4. The highest BCUT2D eigenvalue weighted by Crippen LogP contribution is 2.20. The van der Waals surface area contributed by atoms with E-state index in [0.717, 1.165) is 19.6 Å². The van der Waals surface area contributed by atoms with Gasteiger partial charge in [0.05, 0.1) is 12.8 Å². The summed E-state index contributed by atoms with van der Waals surface area (Å²) in [6, 6.07) is 3.61. The molecule has 2 aromatic heterocycles. The van der Waals surface area contributed by atoms with Crippen LogP contribution in [0.25, 0.3) is 11.7 Å². The van der Waals surface area contributed by atoms with Crippen molar-refractivity contribution in [3.05, 3.63) is 24.2 Å². The van der Waals surface area contributed by atoms with Crippen molar-refractivity contribution in [3.8, 4) is 11.7 Å². The van der Waals surface area contributed by atoms with Gasteiger partial charge in [-0.15, -0.1) is 0 Å². The molecule has 1 aliphatic rings. The molecule has 0 amide bonds. The molecule has 2 aromatic rings. The van der Waals surface area contributed by atoms with Gasteiger partial charge < -0.3 is 14.7 Å². The van der Waals surface area contributed by atoms with Gasteiger partial charge >= 0.3 is 0 Å². The lowest BCUT2D eigenvalue weighted by molar-refractivity contribution is 0.166. The Balaban J connectivity index is 1.64. The van der Waals surface area contributed by atoms with Crippen molar-refractivity contribution in [2.24, 2.45) is 11.7 Å². The fraction of sp³-hybridized carbons (Fsp3) is 0.538. The molecule has 1 saturated heterocycles. The topological polar surface area (TPSA) is 81.3 Å². The van der Waals surface area contributed by atoms with Crippen LogP contribution >= 0.6 is 0 Å². The minimum absolute atomic E-state index is 0.437. The molecular formula is C13H18N4O2. The summed E-state index contributed by atoms with van der Waals surface area (Å²) in [6.45, 7) is 3.54. The van der Waals surface area contributed by atoms with Gasteiger partial charge in [0.15, 0.2) is 11.6 Å². The number of rotatable bonds is 4. The fourth-order valence-corrected chi connectivity index (χ4v) is 2.51. The molecule has 6 heteroatoms. The number of hydrogen-bond acceptors (Lipinski definition) is 6. The summed E-state index contributed by atoms with van der Waals surface area (Å²) >= 11 is 0. The molecule has 0 saturated carbocycles. The zero-order valence-corrected chi connectivity index (χ0v) is 10.8. The van der Waals surface area contributed by atoms with Crippen LogP contribution in [0.5, 0.6) is 0 Å². The maximum Gasteiger partial charge on any atom is 0.293 e. The van der Waals surface area contributed by atoms with Gasteiger partial charge in [-0.2, -0.15) is 4.98 Å². The molecule has 2 N–H and O–H groups in total. The summed E-state index contributed by atoms with van der Waals surface area (Å²) in [4.78, 5) is 6.68. The van der Waals surface area contributed by atoms with Crippen molar-refractivity contribution in [2.45, 2.75) is 19.4 Å². The molecule has 19 heavy (non-hydrogen) atoms. The van der Waals surface area contributed by atoms with E-state index in [1.54, 1.807) is 12.3 Å². The zero-order chi connectivity index (χ0) is 13.1. The van der Waals surface area contributed by atoms with Gasteiger partial charge in [-0.3, -0.25) is 4.90 Å².